The van der Waals surface area contributed by atoms with Crippen molar-refractivity contribution in [2.24, 2.45) is 7.05 Å². The van der Waals surface area contributed by atoms with Crippen LogP contribution in [0.15, 0.2) is 17.5 Å². The van der Waals surface area contributed by atoms with E-state index in [2.05, 4.69) is 34.3 Å². The lowest BCUT2D eigenvalue weighted by molar-refractivity contribution is 0.709. The molecule has 2 nitrogen and oxygen atoms in total. The van der Waals surface area contributed by atoms with Crippen LogP contribution >= 0.6 is 11.3 Å². The zero-order valence-electron chi connectivity index (χ0n) is 8.16. The van der Waals surface area contributed by atoms with E-state index in [1.807, 2.05) is 0 Å². The lowest BCUT2D eigenvalue weighted by Gasteiger charge is -1.94. The number of fused-ring (bicyclic) bond motifs is 1. The van der Waals surface area contributed by atoms with E-state index in [1.165, 1.54) is 41.1 Å². The quantitative estimate of drug-likeness (QED) is 0.698. The van der Waals surface area contributed by atoms with Crippen LogP contribution in [0.2, 0.25) is 0 Å². The van der Waals surface area contributed by atoms with Crippen LogP contribution in [0.1, 0.15) is 17.7 Å². The minimum absolute atomic E-state index is 1.20. The third-order valence-corrected chi connectivity index (χ3v) is 3.75. The standard InChI is InChI=1S/C11H12N2S/c1-13-9-5-2-4-8(9)11(12-13)10-6-3-7-14-10/h3,6-7H,2,4-5H2,1H3. The van der Waals surface area contributed by atoms with Gasteiger partial charge in [0.25, 0.3) is 0 Å². The van der Waals surface area contributed by atoms with Crippen molar-refractivity contribution in [3.8, 4) is 10.6 Å². The molecule has 0 atom stereocenters. The molecule has 0 aliphatic heterocycles. The minimum atomic E-state index is 1.20. The molecule has 0 saturated heterocycles. The molecule has 2 aromatic heterocycles. The van der Waals surface area contributed by atoms with Crippen molar-refractivity contribution < 1.29 is 0 Å². The maximum Gasteiger partial charge on any atom is 0.106 e. The predicted octanol–water partition coefficient (Wildman–Crippen LogP) is 2.64. The lowest BCUT2D eigenvalue weighted by Crippen LogP contribution is -1.95. The molecule has 0 bridgehead atoms. The topological polar surface area (TPSA) is 17.8 Å². The Morgan fingerprint density at radius 2 is 2.36 bits per heavy atom. The summed E-state index contributed by atoms with van der Waals surface area (Å²) in [5, 5.41) is 6.72. The molecule has 0 aromatic carbocycles. The number of aromatic nitrogens is 2. The number of nitrogens with zero attached hydrogens (tertiary/aromatic N) is 2. The number of hydrogen-bond acceptors (Lipinski definition) is 2. The summed E-state index contributed by atoms with van der Waals surface area (Å²) in [6.45, 7) is 0. The molecule has 0 unspecified atom stereocenters. The average molecular weight is 204 g/mol. The first kappa shape index (κ1) is 8.24. The van der Waals surface area contributed by atoms with Gasteiger partial charge in [-0.25, -0.2) is 0 Å². The molecular formula is C11H12N2S. The molecule has 0 saturated carbocycles. The van der Waals surface area contributed by atoms with E-state index in [4.69, 9.17) is 0 Å². The second-order valence-corrected chi connectivity index (χ2v) is 4.68. The number of aryl methyl sites for hydroxylation is 1. The van der Waals surface area contributed by atoms with E-state index in [-0.39, 0.29) is 0 Å². The Labute approximate surface area is 87.2 Å². The highest BCUT2D eigenvalue weighted by atomic mass is 32.1. The maximum absolute atomic E-state index is 4.60. The van der Waals surface area contributed by atoms with Crippen LogP contribution in [0.5, 0.6) is 0 Å². The van der Waals surface area contributed by atoms with E-state index in [0.29, 0.717) is 0 Å². The van der Waals surface area contributed by atoms with Gasteiger partial charge in [0.15, 0.2) is 0 Å². The Bertz CT molecular complexity index is 454. The number of hydrogen-bond donors (Lipinski definition) is 0. The van der Waals surface area contributed by atoms with Gasteiger partial charge in [-0.3, -0.25) is 4.68 Å². The second kappa shape index (κ2) is 2.95. The first-order valence-corrected chi connectivity index (χ1v) is 5.83. The van der Waals surface area contributed by atoms with Gasteiger partial charge in [0.1, 0.15) is 5.69 Å². The lowest BCUT2D eigenvalue weighted by atomic mass is 10.2. The molecule has 3 rings (SSSR count). The molecule has 1 aliphatic carbocycles. The summed E-state index contributed by atoms with van der Waals surface area (Å²) in [7, 11) is 2.06. The van der Waals surface area contributed by atoms with Gasteiger partial charge in [0.2, 0.25) is 0 Å². The van der Waals surface area contributed by atoms with E-state index in [1.54, 1.807) is 11.3 Å². The van der Waals surface area contributed by atoms with Gasteiger partial charge >= 0.3 is 0 Å². The molecule has 72 valence electrons. The van der Waals surface area contributed by atoms with Crippen LogP contribution in [-0.4, -0.2) is 9.78 Å². The Morgan fingerprint density at radius 1 is 1.43 bits per heavy atom. The highest BCUT2D eigenvalue weighted by Gasteiger charge is 2.21. The fraction of sp³-hybridized carbons (Fsp3) is 0.364. The Hall–Kier alpha value is -1.09. The predicted molar refractivity (Wildman–Crippen MR) is 58.5 cm³/mol. The normalized spacial score (nSPS) is 14.6. The van der Waals surface area contributed by atoms with Crippen LogP contribution in [0.3, 0.4) is 0 Å². The first-order valence-electron chi connectivity index (χ1n) is 4.95. The molecule has 2 aromatic rings. The summed E-state index contributed by atoms with van der Waals surface area (Å²) in [4.78, 5) is 1.31. The summed E-state index contributed by atoms with van der Waals surface area (Å²) in [6, 6.07) is 4.25. The number of rotatable bonds is 1. The van der Waals surface area contributed by atoms with Crippen molar-refractivity contribution >= 4 is 11.3 Å². The summed E-state index contributed by atoms with van der Waals surface area (Å²) in [5.74, 6) is 0. The van der Waals surface area contributed by atoms with Crippen LogP contribution in [0.4, 0.5) is 0 Å². The minimum Gasteiger partial charge on any atom is -0.272 e. The van der Waals surface area contributed by atoms with Gasteiger partial charge in [-0.2, -0.15) is 5.10 Å². The fourth-order valence-electron chi connectivity index (χ4n) is 2.22. The highest BCUT2D eigenvalue weighted by molar-refractivity contribution is 7.13. The monoisotopic (exact) mass is 204 g/mol. The third-order valence-electron chi connectivity index (χ3n) is 2.87. The van der Waals surface area contributed by atoms with Crippen molar-refractivity contribution in [3.63, 3.8) is 0 Å². The summed E-state index contributed by atoms with van der Waals surface area (Å²) in [6.07, 6.45) is 3.69. The van der Waals surface area contributed by atoms with Gasteiger partial charge in [-0.15, -0.1) is 11.3 Å². The highest BCUT2D eigenvalue weighted by Crippen LogP contribution is 2.33. The molecule has 0 N–H and O–H groups in total. The van der Waals surface area contributed by atoms with Crippen LogP contribution < -0.4 is 0 Å². The van der Waals surface area contributed by atoms with Crippen molar-refractivity contribution in [2.45, 2.75) is 19.3 Å². The van der Waals surface area contributed by atoms with Crippen LogP contribution in [-0.2, 0) is 19.9 Å². The molecule has 1 aliphatic rings. The Morgan fingerprint density at radius 3 is 3.14 bits per heavy atom. The second-order valence-electron chi connectivity index (χ2n) is 3.73. The molecule has 3 heteroatoms. The third kappa shape index (κ3) is 1.05. The van der Waals surface area contributed by atoms with E-state index in [9.17, 15) is 0 Å². The smallest absolute Gasteiger partial charge is 0.106 e. The van der Waals surface area contributed by atoms with Crippen molar-refractivity contribution in [1.29, 1.82) is 0 Å². The Kier molecular flexibility index (Phi) is 1.74. The SMILES string of the molecule is Cn1nc(-c2cccs2)c2c1CCC2. The maximum atomic E-state index is 4.60. The zero-order chi connectivity index (χ0) is 9.54. The Balaban J connectivity index is 2.20. The van der Waals surface area contributed by atoms with Gasteiger partial charge in [0, 0.05) is 18.3 Å². The molecular weight excluding hydrogens is 192 g/mol. The first-order chi connectivity index (χ1) is 6.86. The van der Waals surface area contributed by atoms with E-state index in [0.717, 1.165) is 0 Å². The van der Waals surface area contributed by atoms with Crippen LogP contribution in [0, 0.1) is 0 Å². The van der Waals surface area contributed by atoms with Crippen molar-refractivity contribution in [1.82, 2.24) is 9.78 Å². The van der Waals surface area contributed by atoms with Gasteiger partial charge in [-0.1, -0.05) is 6.07 Å². The molecule has 0 fully saturated rings. The summed E-state index contributed by atoms with van der Waals surface area (Å²) >= 11 is 1.78. The molecule has 2 heterocycles. The molecule has 0 radical (unpaired) electrons. The van der Waals surface area contributed by atoms with E-state index < -0.39 is 0 Å². The largest absolute Gasteiger partial charge is 0.272 e. The molecule has 0 amide bonds. The van der Waals surface area contributed by atoms with Gasteiger partial charge in [0.05, 0.1) is 4.88 Å². The molecule has 14 heavy (non-hydrogen) atoms. The number of thiophene rings is 1. The average Bonchev–Trinajstić information content (AvgIpc) is 2.84. The zero-order valence-corrected chi connectivity index (χ0v) is 8.97. The van der Waals surface area contributed by atoms with Gasteiger partial charge in [-0.05, 0) is 30.7 Å². The van der Waals surface area contributed by atoms with Crippen molar-refractivity contribution in [2.75, 3.05) is 0 Å². The van der Waals surface area contributed by atoms with Crippen molar-refractivity contribution in [3.05, 3.63) is 28.8 Å². The fourth-order valence-corrected chi connectivity index (χ4v) is 2.96. The van der Waals surface area contributed by atoms with Crippen LogP contribution in [0.25, 0.3) is 10.6 Å². The van der Waals surface area contributed by atoms with Gasteiger partial charge < -0.3 is 0 Å². The summed E-state index contributed by atoms with van der Waals surface area (Å²) in [5.41, 5.74) is 4.14. The summed E-state index contributed by atoms with van der Waals surface area (Å²) < 4.78 is 2.05. The molecule has 0 spiro atoms. The van der Waals surface area contributed by atoms with E-state index >= 15 is 0 Å².